The Balaban J connectivity index is -0.0000000667. The second kappa shape index (κ2) is 19.5. The summed E-state index contributed by atoms with van der Waals surface area (Å²) >= 11 is 0. The molecule has 0 aliphatic heterocycles. The van der Waals surface area contributed by atoms with Crippen molar-refractivity contribution in [3.8, 4) is 0 Å². The van der Waals surface area contributed by atoms with Crippen molar-refractivity contribution < 1.29 is 39.2 Å². The molecule has 0 spiro atoms. The van der Waals surface area contributed by atoms with Crippen molar-refractivity contribution in [1.29, 1.82) is 0 Å². The Morgan fingerprint density at radius 3 is 0.765 bits per heavy atom. The van der Waals surface area contributed by atoms with Crippen molar-refractivity contribution in [2.24, 2.45) is 0 Å². The van der Waals surface area contributed by atoms with Gasteiger partial charge in [0, 0.05) is 27.7 Å². The van der Waals surface area contributed by atoms with Crippen LogP contribution in [0, 0.1) is 0 Å². The molecule has 0 unspecified atom stereocenters. The van der Waals surface area contributed by atoms with E-state index in [4.69, 9.17) is 29.7 Å². The summed E-state index contributed by atoms with van der Waals surface area (Å²) in [5.41, 5.74) is 0. The van der Waals surface area contributed by atoms with Gasteiger partial charge in [-0.1, -0.05) is 0 Å². The van der Waals surface area contributed by atoms with Crippen LogP contribution in [0.2, 0.25) is 0 Å². The molecular formula is C9H18O8. The summed E-state index contributed by atoms with van der Waals surface area (Å²) in [6.07, 6.45) is 0. The third-order valence-corrected chi connectivity index (χ3v) is 0.287. The van der Waals surface area contributed by atoms with Crippen LogP contribution in [0.1, 0.15) is 27.7 Å². The number of aliphatic carboxylic acids is 3. The number of carboxylic acids is 3. The number of rotatable bonds is 0. The van der Waals surface area contributed by atoms with Crippen LogP contribution in [-0.4, -0.2) is 46.3 Å². The van der Waals surface area contributed by atoms with E-state index in [0.29, 0.717) is 0 Å². The van der Waals surface area contributed by atoms with Gasteiger partial charge in [-0.15, -0.1) is 0 Å². The molecular weight excluding hydrogens is 236 g/mol. The average molecular weight is 254 g/mol. The minimum Gasteiger partial charge on any atom is -0.481 e. The van der Waals surface area contributed by atoms with E-state index < -0.39 is 17.9 Å². The number of hydrogen-bond donors (Lipinski definition) is 3. The second-order valence-electron chi connectivity index (χ2n) is 2.25. The minimum absolute atomic E-state index is 0.245. The van der Waals surface area contributed by atoms with E-state index in [2.05, 4.69) is 4.74 Å². The molecule has 17 heavy (non-hydrogen) atoms. The molecule has 0 saturated carbocycles. The van der Waals surface area contributed by atoms with E-state index in [0.717, 1.165) is 20.8 Å². The molecule has 0 aliphatic rings. The molecule has 0 amide bonds. The highest BCUT2D eigenvalue weighted by Gasteiger charge is 1.75. The van der Waals surface area contributed by atoms with Gasteiger partial charge in [0.1, 0.15) is 0 Å². The fraction of sp³-hybridized carbons (Fsp3) is 0.556. The minimum atomic E-state index is -0.833. The molecule has 0 saturated heterocycles. The third-order valence-electron chi connectivity index (χ3n) is 0.287. The van der Waals surface area contributed by atoms with Crippen LogP contribution in [0.4, 0.5) is 0 Å². The first-order valence-corrected chi connectivity index (χ1v) is 4.10. The van der Waals surface area contributed by atoms with Gasteiger partial charge in [-0.05, 0) is 0 Å². The maximum atomic E-state index is 9.59. The summed E-state index contributed by atoms with van der Waals surface area (Å²) in [6, 6.07) is 0. The first-order valence-electron chi connectivity index (χ1n) is 4.10. The number of carboxylic acid groups (broad SMARTS) is 3. The van der Waals surface area contributed by atoms with Crippen LogP contribution in [-0.2, 0) is 23.9 Å². The van der Waals surface area contributed by atoms with Crippen molar-refractivity contribution in [1.82, 2.24) is 0 Å². The van der Waals surface area contributed by atoms with Crippen LogP contribution < -0.4 is 0 Å². The Labute approximate surface area is 98.8 Å². The van der Waals surface area contributed by atoms with Crippen LogP contribution >= 0.6 is 0 Å². The van der Waals surface area contributed by atoms with E-state index in [1.807, 2.05) is 0 Å². The van der Waals surface area contributed by atoms with Crippen LogP contribution in [0.3, 0.4) is 0 Å². The second-order valence-corrected chi connectivity index (χ2v) is 2.25. The van der Waals surface area contributed by atoms with Gasteiger partial charge in [0.05, 0.1) is 7.11 Å². The predicted molar refractivity (Wildman–Crippen MR) is 57.6 cm³/mol. The molecule has 0 aromatic rings. The fourth-order valence-corrected chi connectivity index (χ4v) is 0. The van der Waals surface area contributed by atoms with Gasteiger partial charge in [-0.2, -0.15) is 0 Å². The van der Waals surface area contributed by atoms with E-state index in [1.165, 1.54) is 14.0 Å². The first kappa shape index (κ1) is 24.2. The molecule has 0 aromatic heterocycles. The molecule has 0 aromatic carbocycles. The van der Waals surface area contributed by atoms with Gasteiger partial charge in [0.25, 0.3) is 17.9 Å². The van der Waals surface area contributed by atoms with Crippen molar-refractivity contribution >= 4 is 23.9 Å². The van der Waals surface area contributed by atoms with E-state index in [1.54, 1.807) is 0 Å². The lowest BCUT2D eigenvalue weighted by Crippen LogP contribution is -1.88. The van der Waals surface area contributed by atoms with Crippen molar-refractivity contribution in [2.75, 3.05) is 7.11 Å². The molecule has 0 heterocycles. The Morgan fingerprint density at radius 1 is 0.706 bits per heavy atom. The monoisotopic (exact) mass is 254 g/mol. The van der Waals surface area contributed by atoms with Gasteiger partial charge >= 0.3 is 5.97 Å². The molecule has 0 bridgehead atoms. The molecule has 3 N–H and O–H groups in total. The summed E-state index contributed by atoms with van der Waals surface area (Å²) in [5, 5.41) is 22.2. The van der Waals surface area contributed by atoms with Gasteiger partial charge in [0.15, 0.2) is 0 Å². The molecule has 102 valence electrons. The average Bonchev–Trinajstić information content (AvgIpc) is 2.00. The first-order chi connectivity index (χ1) is 7.47. The molecule has 8 nitrogen and oxygen atoms in total. The number of esters is 1. The van der Waals surface area contributed by atoms with Gasteiger partial charge < -0.3 is 20.1 Å². The zero-order valence-corrected chi connectivity index (χ0v) is 10.4. The summed E-state index contributed by atoms with van der Waals surface area (Å²) in [7, 11) is 1.35. The molecule has 8 heteroatoms. The zero-order chi connectivity index (χ0) is 15.0. The van der Waals surface area contributed by atoms with Gasteiger partial charge in [-0.25, -0.2) is 0 Å². The Bertz CT molecular complexity index is 193. The van der Waals surface area contributed by atoms with Crippen molar-refractivity contribution in [3.63, 3.8) is 0 Å². The number of carbonyl (C=O) groups excluding carboxylic acids is 1. The predicted octanol–water partition coefficient (Wildman–Crippen LogP) is 0.452. The zero-order valence-electron chi connectivity index (χ0n) is 10.4. The lowest BCUT2D eigenvalue weighted by molar-refractivity contribution is -0.138. The third kappa shape index (κ3) is 136000. The van der Waals surface area contributed by atoms with Crippen molar-refractivity contribution in [3.05, 3.63) is 0 Å². The Kier molecular flexibility index (Phi) is 27.7. The quantitative estimate of drug-likeness (QED) is 0.529. The van der Waals surface area contributed by atoms with E-state index in [9.17, 15) is 4.79 Å². The Hall–Kier alpha value is -2.12. The summed E-state index contributed by atoms with van der Waals surface area (Å²) in [5.74, 6) is -2.75. The fourth-order valence-electron chi connectivity index (χ4n) is 0. The normalized spacial score (nSPS) is 6.41. The molecule has 0 atom stereocenters. The lowest BCUT2D eigenvalue weighted by atomic mass is 10.8. The van der Waals surface area contributed by atoms with Gasteiger partial charge in [0.2, 0.25) is 0 Å². The smallest absolute Gasteiger partial charge is 0.302 e. The highest BCUT2D eigenvalue weighted by Crippen LogP contribution is 1.60. The number of hydrogen-bond acceptors (Lipinski definition) is 5. The SMILES string of the molecule is CC(=O)O.CC(=O)O.CC(=O)O.COC(C)=O. The highest BCUT2D eigenvalue weighted by atomic mass is 16.5. The number of carbonyl (C=O) groups is 4. The summed E-state index contributed by atoms with van der Waals surface area (Å²) in [4.78, 5) is 36.6. The van der Waals surface area contributed by atoms with E-state index >= 15 is 0 Å². The molecule has 0 aliphatic carbocycles. The number of ether oxygens (including phenoxy) is 1. The van der Waals surface area contributed by atoms with Crippen LogP contribution in [0.5, 0.6) is 0 Å². The summed E-state index contributed by atoms with van der Waals surface area (Å²) < 4.78 is 4.11. The summed E-state index contributed by atoms with van der Waals surface area (Å²) in [6.45, 7) is 4.61. The van der Waals surface area contributed by atoms with Crippen LogP contribution in [0.15, 0.2) is 0 Å². The molecule has 0 rings (SSSR count). The van der Waals surface area contributed by atoms with Crippen molar-refractivity contribution in [2.45, 2.75) is 27.7 Å². The lowest BCUT2D eigenvalue weighted by Gasteiger charge is -1.80. The number of methoxy groups -OCH3 is 1. The largest absolute Gasteiger partial charge is 0.481 e. The molecule has 0 fully saturated rings. The standard InChI is InChI=1S/C3H6O2.3C2H4O2/c1-3(4)5-2;3*1-2(3)4/h1-2H3;3*1H3,(H,3,4). The highest BCUT2D eigenvalue weighted by molar-refractivity contribution is 5.65. The maximum Gasteiger partial charge on any atom is 0.302 e. The molecule has 0 radical (unpaired) electrons. The maximum absolute atomic E-state index is 9.59. The van der Waals surface area contributed by atoms with Gasteiger partial charge in [-0.3, -0.25) is 19.2 Å². The topological polar surface area (TPSA) is 138 Å². The Morgan fingerprint density at radius 2 is 0.765 bits per heavy atom. The van der Waals surface area contributed by atoms with E-state index in [-0.39, 0.29) is 5.97 Å². The van der Waals surface area contributed by atoms with Crippen LogP contribution in [0.25, 0.3) is 0 Å².